The van der Waals surface area contributed by atoms with Crippen LogP contribution in [-0.2, 0) is 20.8 Å². The van der Waals surface area contributed by atoms with E-state index in [-0.39, 0.29) is 5.92 Å². The van der Waals surface area contributed by atoms with Gasteiger partial charge in [-0.1, -0.05) is 44.2 Å². The maximum Gasteiger partial charge on any atom is 0.407 e. The highest BCUT2D eigenvalue weighted by atomic mass is 16.5. The van der Waals surface area contributed by atoms with Gasteiger partial charge in [0.2, 0.25) is 0 Å². The van der Waals surface area contributed by atoms with Crippen molar-refractivity contribution in [1.29, 1.82) is 0 Å². The topological polar surface area (TPSA) is 76.7 Å². The molecule has 0 aliphatic rings. The summed E-state index contributed by atoms with van der Waals surface area (Å²) in [7, 11) is 2.61. The number of carbonyl (C=O) groups excluding carboxylic acids is 2. The van der Waals surface area contributed by atoms with E-state index >= 15 is 0 Å². The lowest BCUT2D eigenvalue weighted by molar-refractivity contribution is -0.136. The van der Waals surface area contributed by atoms with E-state index in [4.69, 9.17) is 4.74 Å². The van der Waals surface area contributed by atoms with Crippen molar-refractivity contribution in [2.45, 2.75) is 33.4 Å². The molecule has 0 aliphatic heterocycles. The maximum atomic E-state index is 12.3. The molecule has 0 fully saturated rings. The fourth-order valence-electron chi connectivity index (χ4n) is 2.31. The van der Waals surface area contributed by atoms with Gasteiger partial charge in [-0.05, 0) is 18.4 Å². The van der Waals surface area contributed by atoms with Gasteiger partial charge in [0.05, 0.1) is 25.8 Å². The van der Waals surface area contributed by atoms with Gasteiger partial charge in [-0.15, -0.1) is 0 Å². The lowest BCUT2D eigenvalue weighted by Crippen LogP contribution is -2.43. The summed E-state index contributed by atoms with van der Waals surface area (Å²) in [5.41, 5.74) is 2.12. The van der Waals surface area contributed by atoms with Gasteiger partial charge in [-0.25, -0.2) is 9.59 Å². The Kier molecular flexibility index (Phi) is 7.82. The van der Waals surface area contributed by atoms with Crippen molar-refractivity contribution in [2.24, 2.45) is 5.92 Å². The highest BCUT2D eigenvalue weighted by Crippen LogP contribution is 2.18. The number of carbonyl (C=O) groups is 2. The first-order valence-electron chi connectivity index (χ1n) is 7.82. The van der Waals surface area contributed by atoms with Crippen LogP contribution in [0.3, 0.4) is 0 Å². The van der Waals surface area contributed by atoms with E-state index in [0.717, 1.165) is 5.56 Å². The molecule has 0 aromatic heterocycles. The van der Waals surface area contributed by atoms with Crippen molar-refractivity contribution < 1.29 is 19.1 Å². The predicted molar refractivity (Wildman–Crippen MR) is 92.2 cm³/mol. The van der Waals surface area contributed by atoms with Crippen LogP contribution in [0.4, 0.5) is 4.79 Å². The van der Waals surface area contributed by atoms with Crippen LogP contribution < -0.4 is 10.6 Å². The summed E-state index contributed by atoms with van der Waals surface area (Å²) >= 11 is 0. The molecule has 0 unspecified atom stereocenters. The monoisotopic (exact) mass is 334 g/mol. The number of amides is 1. The third-order valence-corrected chi connectivity index (χ3v) is 3.65. The molecular formula is C18H26N2O4. The highest BCUT2D eigenvalue weighted by molar-refractivity contribution is 5.91. The van der Waals surface area contributed by atoms with E-state index in [2.05, 4.69) is 15.4 Å². The molecule has 0 heterocycles. The Morgan fingerprint density at radius 1 is 1.08 bits per heavy atom. The average Bonchev–Trinajstić information content (AvgIpc) is 2.59. The second kappa shape index (κ2) is 9.60. The van der Waals surface area contributed by atoms with Crippen molar-refractivity contribution in [3.63, 3.8) is 0 Å². The summed E-state index contributed by atoms with van der Waals surface area (Å²) < 4.78 is 9.56. The number of benzene rings is 1. The molecule has 1 aromatic rings. The molecule has 1 atom stereocenters. The average molecular weight is 334 g/mol. The Morgan fingerprint density at radius 2 is 1.71 bits per heavy atom. The van der Waals surface area contributed by atoms with Crippen LogP contribution in [0.25, 0.3) is 0 Å². The molecule has 6 nitrogen and oxygen atoms in total. The molecular weight excluding hydrogens is 308 g/mol. The summed E-state index contributed by atoms with van der Waals surface area (Å²) in [5.74, 6) is -0.505. The summed E-state index contributed by atoms with van der Waals surface area (Å²) in [4.78, 5) is 23.9. The second-order valence-corrected chi connectivity index (χ2v) is 5.73. The van der Waals surface area contributed by atoms with Gasteiger partial charge in [-0.3, -0.25) is 0 Å². The summed E-state index contributed by atoms with van der Waals surface area (Å²) in [6.07, 6.45) is -0.592. The number of allylic oxidation sites excluding steroid dienone is 1. The number of esters is 1. The number of rotatable bonds is 7. The minimum Gasteiger partial charge on any atom is -0.466 e. The summed E-state index contributed by atoms with van der Waals surface area (Å²) in [6.45, 7) is 6.18. The zero-order valence-electron chi connectivity index (χ0n) is 14.9. The molecule has 0 radical (unpaired) electrons. The predicted octanol–water partition coefficient (Wildman–Crippen LogP) is 2.60. The Morgan fingerprint density at radius 3 is 2.21 bits per heavy atom. The molecule has 0 bridgehead atoms. The first-order chi connectivity index (χ1) is 11.4. The van der Waals surface area contributed by atoms with E-state index in [1.165, 1.54) is 14.2 Å². The van der Waals surface area contributed by atoms with Crippen molar-refractivity contribution in [3.05, 3.63) is 47.2 Å². The number of alkyl carbamates (subject to hydrolysis) is 1. The number of hydrogen-bond donors (Lipinski definition) is 2. The number of hydrogen-bond acceptors (Lipinski definition) is 5. The molecule has 0 spiro atoms. The molecule has 1 aromatic carbocycles. The smallest absolute Gasteiger partial charge is 0.407 e. The van der Waals surface area contributed by atoms with E-state index < -0.39 is 18.1 Å². The standard InChI is InChI=1S/C18H26N2O4/c1-12(2)16(20-18(22)24-5)15(17(21)23-4)13(3)19-11-14-9-7-6-8-10-14/h6-10,12,16,19H,11H2,1-5H3,(H,20,22)/b15-13-/t16-/m0/s1. The molecule has 1 amide bonds. The largest absolute Gasteiger partial charge is 0.466 e. The molecule has 2 N–H and O–H groups in total. The van der Waals surface area contributed by atoms with Crippen molar-refractivity contribution in [1.82, 2.24) is 10.6 Å². The lowest BCUT2D eigenvalue weighted by Gasteiger charge is -2.25. The lowest BCUT2D eigenvalue weighted by atomic mass is 9.94. The van der Waals surface area contributed by atoms with Crippen LogP contribution in [0.2, 0.25) is 0 Å². The normalized spacial score (nSPS) is 12.9. The Labute approximate surface area is 143 Å². The van der Waals surface area contributed by atoms with Crippen LogP contribution in [-0.4, -0.2) is 32.3 Å². The van der Waals surface area contributed by atoms with E-state index in [1.807, 2.05) is 44.2 Å². The fourth-order valence-corrected chi connectivity index (χ4v) is 2.31. The zero-order chi connectivity index (χ0) is 18.1. The molecule has 0 saturated heterocycles. The number of methoxy groups -OCH3 is 2. The first-order valence-corrected chi connectivity index (χ1v) is 7.82. The van der Waals surface area contributed by atoms with Crippen molar-refractivity contribution >= 4 is 12.1 Å². The highest BCUT2D eigenvalue weighted by Gasteiger charge is 2.29. The van der Waals surface area contributed by atoms with E-state index in [0.29, 0.717) is 17.8 Å². The van der Waals surface area contributed by atoms with Gasteiger partial charge in [-0.2, -0.15) is 0 Å². The van der Waals surface area contributed by atoms with Crippen LogP contribution in [0.1, 0.15) is 26.3 Å². The molecule has 6 heteroatoms. The first kappa shape index (κ1) is 19.5. The van der Waals surface area contributed by atoms with Gasteiger partial charge >= 0.3 is 12.1 Å². The fraction of sp³-hybridized carbons (Fsp3) is 0.444. The minimum absolute atomic E-state index is 0.0216. The van der Waals surface area contributed by atoms with Crippen LogP contribution >= 0.6 is 0 Å². The molecule has 0 aliphatic carbocycles. The van der Waals surface area contributed by atoms with Gasteiger partial charge in [0.25, 0.3) is 0 Å². The number of ether oxygens (including phenoxy) is 2. The summed E-state index contributed by atoms with van der Waals surface area (Å²) in [6, 6.07) is 9.31. The van der Waals surface area contributed by atoms with Gasteiger partial charge in [0.1, 0.15) is 0 Å². The van der Waals surface area contributed by atoms with Crippen LogP contribution in [0.15, 0.2) is 41.6 Å². The molecule has 132 valence electrons. The van der Waals surface area contributed by atoms with Gasteiger partial charge < -0.3 is 20.1 Å². The quantitative estimate of drug-likeness (QED) is 0.592. The zero-order valence-corrected chi connectivity index (χ0v) is 14.9. The molecule has 24 heavy (non-hydrogen) atoms. The Bertz CT molecular complexity index is 582. The van der Waals surface area contributed by atoms with Gasteiger partial charge in [0.15, 0.2) is 0 Å². The summed E-state index contributed by atoms with van der Waals surface area (Å²) in [5, 5.41) is 5.93. The third kappa shape index (κ3) is 5.61. The van der Waals surface area contributed by atoms with E-state index in [1.54, 1.807) is 6.92 Å². The van der Waals surface area contributed by atoms with Crippen LogP contribution in [0.5, 0.6) is 0 Å². The Hall–Kier alpha value is -2.50. The Balaban J connectivity index is 3.06. The van der Waals surface area contributed by atoms with Crippen molar-refractivity contribution in [3.8, 4) is 0 Å². The molecule has 1 rings (SSSR count). The number of nitrogens with one attached hydrogen (secondary N) is 2. The SMILES string of the molecule is COC(=O)N[C@H](/C(C(=O)OC)=C(\C)NCc1ccccc1)C(C)C. The van der Waals surface area contributed by atoms with Crippen molar-refractivity contribution in [2.75, 3.05) is 14.2 Å². The third-order valence-electron chi connectivity index (χ3n) is 3.65. The second-order valence-electron chi connectivity index (χ2n) is 5.73. The van der Waals surface area contributed by atoms with E-state index in [9.17, 15) is 9.59 Å². The molecule has 0 saturated carbocycles. The van der Waals surface area contributed by atoms with Crippen LogP contribution in [0, 0.1) is 5.92 Å². The minimum atomic E-state index is -0.592. The van der Waals surface area contributed by atoms with Gasteiger partial charge in [0, 0.05) is 12.2 Å². The maximum absolute atomic E-state index is 12.3.